The van der Waals surface area contributed by atoms with Crippen LogP contribution in [0.1, 0.15) is 18.9 Å². The van der Waals surface area contributed by atoms with Crippen molar-refractivity contribution in [2.45, 2.75) is 13.3 Å². The number of nitrogens with zero attached hydrogens (tertiary/aromatic N) is 1. The Hall–Kier alpha value is -2.08. The molecule has 0 bridgehead atoms. The summed E-state index contributed by atoms with van der Waals surface area (Å²) in [4.78, 5) is 0. The number of hydrogen-bond donors (Lipinski definition) is 2. The fourth-order valence-electron chi connectivity index (χ4n) is 1.79. The van der Waals surface area contributed by atoms with Crippen molar-refractivity contribution in [2.75, 3.05) is 19.8 Å². The van der Waals surface area contributed by atoms with Gasteiger partial charge in [0.15, 0.2) is 16.6 Å². The molecule has 21 heavy (non-hydrogen) atoms. The number of hydrazone groups is 1. The summed E-state index contributed by atoms with van der Waals surface area (Å²) < 4.78 is 11.3. The van der Waals surface area contributed by atoms with Crippen LogP contribution in [0.5, 0.6) is 11.5 Å². The molecule has 1 aliphatic heterocycles. The van der Waals surface area contributed by atoms with E-state index in [-0.39, 0.29) is 0 Å². The molecule has 2 N–H and O–H groups in total. The molecule has 112 valence electrons. The number of rotatable bonds is 4. The Morgan fingerprint density at radius 2 is 2.14 bits per heavy atom. The summed E-state index contributed by atoms with van der Waals surface area (Å²) >= 11 is 5.08. The van der Waals surface area contributed by atoms with Crippen LogP contribution in [0.15, 0.2) is 36.0 Å². The van der Waals surface area contributed by atoms with E-state index in [1.165, 1.54) is 0 Å². The summed E-state index contributed by atoms with van der Waals surface area (Å²) in [7, 11) is 0. The van der Waals surface area contributed by atoms with Crippen molar-refractivity contribution in [1.29, 1.82) is 0 Å². The maximum atomic E-state index is 5.67. The lowest BCUT2D eigenvalue weighted by Crippen LogP contribution is -2.32. The number of ether oxygens (including phenoxy) is 2. The molecule has 5 nitrogen and oxygen atoms in total. The predicted octanol–water partition coefficient (Wildman–Crippen LogP) is 2.22. The smallest absolute Gasteiger partial charge is 0.187 e. The average Bonchev–Trinajstić information content (AvgIpc) is 2.74. The molecule has 0 aliphatic carbocycles. The number of thiocarbonyl (C=S) groups is 1. The lowest BCUT2D eigenvalue weighted by molar-refractivity contribution is 0.297. The van der Waals surface area contributed by atoms with E-state index in [4.69, 9.17) is 21.7 Å². The summed E-state index contributed by atoms with van der Waals surface area (Å²) in [6.45, 7) is 7.47. The SMILES string of the molecule is C=CCNC(=S)N/N=C(/C)c1ccc2c(c1)OCCCO2. The number of benzene rings is 1. The largest absolute Gasteiger partial charge is 0.490 e. The van der Waals surface area contributed by atoms with Crippen LogP contribution in [0.2, 0.25) is 0 Å². The highest BCUT2D eigenvalue weighted by Crippen LogP contribution is 2.30. The van der Waals surface area contributed by atoms with Gasteiger partial charge in [-0.15, -0.1) is 6.58 Å². The minimum atomic E-state index is 0.462. The van der Waals surface area contributed by atoms with E-state index >= 15 is 0 Å². The van der Waals surface area contributed by atoms with Gasteiger partial charge >= 0.3 is 0 Å². The monoisotopic (exact) mass is 305 g/mol. The van der Waals surface area contributed by atoms with Crippen LogP contribution in [-0.2, 0) is 0 Å². The van der Waals surface area contributed by atoms with Crippen molar-refractivity contribution in [2.24, 2.45) is 5.10 Å². The van der Waals surface area contributed by atoms with Crippen molar-refractivity contribution in [1.82, 2.24) is 10.7 Å². The Bertz CT molecular complexity index is 558. The maximum absolute atomic E-state index is 5.67. The third-order valence-corrected chi connectivity index (χ3v) is 3.13. The maximum Gasteiger partial charge on any atom is 0.187 e. The van der Waals surface area contributed by atoms with Gasteiger partial charge in [0.1, 0.15) is 0 Å². The van der Waals surface area contributed by atoms with Crippen LogP contribution in [0, 0.1) is 0 Å². The zero-order valence-electron chi connectivity index (χ0n) is 12.0. The van der Waals surface area contributed by atoms with Gasteiger partial charge in [-0.2, -0.15) is 5.10 Å². The molecule has 0 unspecified atom stereocenters. The zero-order valence-corrected chi connectivity index (χ0v) is 12.8. The minimum Gasteiger partial charge on any atom is -0.490 e. The van der Waals surface area contributed by atoms with Gasteiger partial charge in [0.25, 0.3) is 0 Å². The van der Waals surface area contributed by atoms with Gasteiger partial charge in [0.05, 0.1) is 18.9 Å². The van der Waals surface area contributed by atoms with Crippen molar-refractivity contribution in [3.63, 3.8) is 0 Å². The van der Waals surface area contributed by atoms with Gasteiger partial charge in [-0.1, -0.05) is 6.08 Å². The van der Waals surface area contributed by atoms with Crippen LogP contribution >= 0.6 is 12.2 Å². The van der Waals surface area contributed by atoms with E-state index in [9.17, 15) is 0 Å². The van der Waals surface area contributed by atoms with Gasteiger partial charge in [-0.3, -0.25) is 5.43 Å². The van der Waals surface area contributed by atoms with Crippen molar-refractivity contribution < 1.29 is 9.47 Å². The van der Waals surface area contributed by atoms with Gasteiger partial charge < -0.3 is 14.8 Å². The van der Waals surface area contributed by atoms with Crippen molar-refractivity contribution in [3.8, 4) is 11.5 Å². The van der Waals surface area contributed by atoms with E-state index < -0.39 is 0 Å². The average molecular weight is 305 g/mol. The first kappa shape index (κ1) is 15.3. The molecule has 0 fully saturated rings. The molecular weight excluding hydrogens is 286 g/mol. The van der Waals surface area contributed by atoms with Gasteiger partial charge in [-0.25, -0.2) is 0 Å². The first-order valence-corrected chi connectivity index (χ1v) is 7.20. The molecule has 0 saturated carbocycles. The molecule has 1 aromatic rings. The molecule has 1 heterocycles. The molecule has 0 aromatic heterocycles. The van der Waals surface area contributed by atoms with E-state index in [2.05, 4.69) is 22.4 Å². The second kappa shape index (κ2) is 7.64. The molecule has 0 radical (unpaired) electrons. The second-order valence-corrected chi connectivity index (χ2v) is 4.93. The van der Waals surface area contributed by atoms with Crippen LogP contribution in [0.3, 0.4) is 0 Å². The molecular formula is C15H19N3O2S. The highest BCUT2D eigenvalue weighted by molar-refractivity contribution is 7.80. The van der Waals surface area contributed by atoms with Crippen molar-refractivity contribution in [3.05, 3.63) is 36.4 Å². The predicted molar refractivity (Wildman–Crippen MR) is 88.2 cm³/mol. The van der Waals surface area contributed by atoms with Gasteiger partial charge in [0.2, 0.25) is 0 Å². The Kier molecular flexibility index (Phi) is 5.57. The highest BCUT2D eigenvalue weighted by Gasteiger charge is 2.11. The molecule has 1 aromatic carbocycles. The third-order valence-electron chi connectivity index (χ3n) is 2.90. The lowest BCUT2D eigenvalue weighted by atomic mass is 10.1. The van der Waals surface area contributed by atoms with E-state index in [1.807, 2.05) is 25.1 Å². The molecule has 0 amide bonds. The van der Waals surface area contributed by atoms with E-state index in [1.54, 1.807) is 6.08 Å². The first-order chi connectivity index (χ1) is 10.2. The van der Waals surface area contributed by atoms with Crippen molar-refractivity contribution >= 4 is 23.0 Å². The molecule has 0 spiro atoms. The number of fused-ring (bicyclic) bond motifs is 1. The molecule has 2 rings (SSSR count). The zero-order chi connectivity index (χ0) is 15.1. The fourth-order valence-corrected chi connectivity index (χ4v) is 1.92. The van der Waals surface area contributed by atoms with Crippen LogP contribution in [0.4, 0.5) is 0 Å². The number of nitrogens with one attached hydrogen (secondary N) is 2. The summed E-state index contributed by atoms with van der Waals surface area (Å²) in [5.41, 5.74) is 4.57. The summed E-state index contributed by atoms with van der Waals surface area (Å²) in [6, 6.07) is 5.79. The van der Waals surface area contributed by atoms with E-state index in [0.717, 1.165) is 29.2 Å². The minimum absolute atomic E-state index is 0.462. The fraction of sp³-hybridized carbons (Fsp3) is 0.333. The third kappa shape index (κ3) is 4.46. The Morgan fingerprint density at radius 1 is 1.38 bits per heavy atom. The summed E-state index contributed by atoms with van der Waals surface area (Å²) in [6.07, 6.45) is 2.62. The Morgan fingerprint density at radius 3 is 2.90 bits per heavy atom. The van der Waals surface area contributed by atoms with Gasteiger partial charge in [-0.05, 0) is 37.3 Å². The molecule has 0 atom stereocenters. The first-order valence-electron chi connectivity index (χ1n) is 6.80. The Balaban J connectivity index is 2.05. The van der Waals surface area contributed by atoms with Gasteiger partial charge in [0, 0.05) is 18.5 Å². The quantitative estimate of drug-likeness (QED) is 0.387. The normalized spacial score (nSPS) is 14.0. The second-order valence-electron chi connectivity index (χ2n) is 4.52. The van der Waals surface area contributed by atoms with E-state index in [0.29, 0.717) is 24.9 Å². The highest BCUT2D eigenvalue weighted by atomic mass is 32.1. The number of hydrogen-bond acceptors (Lipinski definition) is 4. The summed E-state index contributed by atoms with van der Waals surface area (Å²) in [5, 5.41) is 7.66. The molecule has 6 heteroatoms. The Labute approximate surface area is 130 Å². The van der Waals surface area contributed by atoms with Crippen LogP contribution < -0.4 is 20.2 Å². The summed E-state index contributed by atoms with van der Waals surface area (Å²) in [5.74, 6) is 1.53. The molecule has 1 aliphatic rings. The van der Waals surface area contributed by atoms with Crippen LogP contribution in [-0.4, -0.2) is 30.6 Å². The van der Waals surface area contributed by atoms with Crippen LogP contribution in [0.25, 0.3) is 0 Å². The topological polar surface area (TPSA) is 54.9 Å². The lowest BCUT2D eigenvalue weighted by Gasteiger charge is -2.10. The molecule has 0 saturated heterocycles. The standard InChI is InChI=1S/C15H19N3O2S/c1-3-7-16-15(21)18-17-11(2)12-5-6-13-14(10-12)20-9-4-8-19-13/h3,5-6,10H,1,4,7-9H2,2H3,(H2,16,18,21)/b17-11-.